The standard InChI is InChI=1S/C23H22F3N3O4.C3H5F3/c1-29-17-10-6-5-9-16(17)19(14-7-3-2-4-8-14)27-20(22(29)33)28-21(32)15(13-18(30)31)11-12-23(24,25)26;1-2-3(4,5)6/h2-10,15,20H,11-13H2,1H3,(H,28,32)(H,30,31);2H2,1H3. The quantitative estimate of drug-likeness (QED) is 0.448. The number of aliphatic carboxylic acids is 1. The molecule has 3 rings (SSSR count). The van der Waals surface area contributed by atoms with Gasteiger partial charge in [-0.3, -0.25) is 14.4 Å². The molecule has 39 heavy (non-hydrogen) atoms. The van der Waals surface area contributed by atoms with Gasteiger partial charge in [-0.15, -0.1) is 0 Å². The monoisotopic (exact) mass is 559 g/mol. The van der Waals surface area contributed by atoms with E-state index >= 15 is 0 Å². The fourth-order valence-electron chi connectivity index (χ4n) is 3.57. The minimum absolute atomic E-state index is 0.416. The van der Waals surface area contributed by atoms with Crippen LogP contribution < -0.4 is 10.2 Å². The zero-order valence-electron chi connectivity index (χ0n) is 21.0. The SMILES string of the molecule is CCC(F)(F)F.CN1C(=O)C(NC(=O)C(CCC(F)(F)F)CC(=O)O)N=C(c2ccccc2)c2ccccc21. The van der Waals surface area contributed by atoms with Gasteiger partial charge in [-0.05, 0) is 12.5 Å². The van der Waals surface area contributed by atoms with Crippen LogP contribution in [0.4, 0.5) is 32.0 Å². The zero-order valence-corrected chi connectivity index (χ0v) is 21.0. The number of carbonyl (C=O) groups excluding carboxylic acids is 2. The number of rotatable bonds is 7. The summed E-state index contributed by atoms with van der Waals surface area (Å²) in [6, 6.07) is 15.9. The Morgan fingerprint density at radius 1 is 1.00 bits per heavy atom. The van der Waals surface area contributed by atoms with Gasteiger partial charge in [0.05, 0.1) is 17.8 Å². The lowest BCUT2D eigenvalue weighted by atomic mass is 9.98. The second-order valence-electron chi connectivity index (χ2n) is 8.59. The molecular formula is C26H27F6N3O4. The Labute approximate surface area is 220 Å². The van der Waals surface area contributed by atoms with Crippen LogP contribution in [0.5, 0.6) is 0 Å². The van der Waals surface area contributed by atoms with E-state index in [0.717, 1.165) is 6.92 Å². The summed E-state index contributed by atoms with van der Waals surface area (Å²) in [5.74, 6) is -4.46. The number of alkyl halides is 6. The molecule has 2 atom stereocenters. The van der Waals surface area contributed by atoms with Gasteiger partial charge in [-0.1, -0.05) is 55.5 Å². The number of nitrogens with one attached hydrogen (secondary N) is 1. The smallest absolute Gasteiger partial charge is 0.389 e. The molecule has 1 aliphatic rings. The molecule has 0 saturated carbocycles. The van der Waals surface area contributed by atoms with Crippen molar-refractivity contribution < 1.29 is 45.8 Å². The van der Waals surface area contributed by atoms with Crippen LogP contribution in [0.2, 0.25) is 0 Å². The molecule has 0 bridgehead atoms. The average Bonchev–Trinajstić information content (AvgIpc) is 2.97. The maximum absolute atomic E-state index is 13.1. The number of carboxylic acids is 1. The second-order valence-corrected chi connectivity index (χ2v) is 8.59. The minimum Gasteiger partial charge on any atom is -0.481 e. The number of carboxylic acid groups (broad SMARTS) is 1. The van der Waals surface area contributed by atoms with E-state index in [2.05, 4.69) is 10.3 Å². The fourth-order valence-corrected chi connectivity index (χ4v) is 3.57. The van der Waals surface area contributed by atoms with Gasteiger partial charge in [0.1, 0.15) is 0 Å². The molecule has 0 fully saturated rings. The normalized spacial score (nSPS) is 16.2. The highest BCUT2D eigenvalue weighted by Gasteiger charge is 2.35. The van der Waals surface area contributed by atoms with Crippen molar-refractivity contribution in [1.29, 1.82) is 0 Å². The first-order chi connectivity index (χ1) is 18.1. The second kappa shape index (κ2) is 13.3. The molecule has 2 aromatic rings. The highest BCUT2D eigenvalue weighted by molar-refractivity contribution is 6.20. The van der Waals surface area contributed by atoms with E-state index in [4.69, 9.17) is 5.11 Å². The number of carbonyl (C=O) groups is 3. The summed E-state index contributed by atoms with van der Waals surface area (Å²) < 4.78 is 70.4. The van der Waals surface area contributed by atoms with Gasteiger partial charge in [0.15, 0.2) is 0 Å². The highest BCUT2D eigenvalue weighted by Crippen LogP contribution is 2.28. The fraction of sp³-hybridized carbons (Fsp3) is 0.385. The zero-order chi connectivity index (χ0) is 29.4. The molecular weight excluding hydrogens is 532 g/mol. The first-order valence-corrected chi connectivity index (χ1v) is 11.8. The van der Waals surface area contributed by atoms with Crippen LogP contribution in [0.3, 0.4) is 0 Å². The van der Waals surface area contributed by atoms with Crippen molar-refractivity contribution in [3.63, 3.8) is 0 Å². The molecule has 1 aliphatic heterocycles. The number of anilines is 1. The summed E-state index contributed by atoms with van der Waals surface area (Å²) in [4.78, 5) is 42.7. The van der Waals surface area contributed by atoms with E-state index in [1.807, 2.05) is 0 Å². The van der Waals surface area contributed by atoms with Gasteiger partial charge >= 0.3 is 18.3 Å². The maximum Gasteiger partial charge on any atom is 0.389 e. The molecule has 2 N–H and O–H groups in total. The lowest BCUT2D eigenvalue weighted by Gasteiger charge is -2.22. The van der Waals surface area contributed by atoms with E-state index in [-0.39, 0.29) is 0 Å². The summed E-state index contributed by atoms with van der Waals surface area (Å²) in [5, 5.41) is 11.4. The Morgan fingerprint density at radius 2 is 1.56 bits per heavy atom. The van der Waals surface area contributed by atoms with Gasteiger partial charge < -0.3 is 15.3 Å². The summed E-state index contributed by atoms with van der Waals surface area (Å²) in [6.45, 7) is 1.08. The van der Waals surface area contributed by atoms with Crippen molar-refractivity contribution in [2.45, 2.75) is 51.1 Å². The van der Waals surface area contributed by atoms with Gasteiger partial charge in [-0.2, -0.15) is 26.3 Å². The van der Waals surface area contributed by atoms with Crippen molar-refractivity contribution in [2.24, 2.45) is 10.9 Å². The topological polar surface area (TPSA) is 99.1 Å². The third-order valence-electron chi connectivity index (χ3n) is 5.64. The van der Waals surface area contributed by atoms with Crippen LogP contribution >= 0.6 is 0 Å². The lowest BCUT2D eigenvalue weighted by Crippen LogP contribution is -2.48. The van der Waals surface area contributed by atoms with Crippen molar-refractivity contribution in [1.82, 2.24) is 5.32 Å². The van der Waals surface area contributed by atoms with Crippen LogP contribution in [0, 0.1) is 5.92 Å². The Hall–Kier alpha value is -3.90. The lowest BCUT2D eigenvalue weighted by molar-refractivity contribution is -0.148. The van der Waals surface area contributed by atoms with Crippen LogP contribution in [-0.2, 0) is 14.4 Å². The van der Waals surface area contributed by atoms with Crippen LogP contribution in [0.15, 0.2) is 59.6 Å². The third kappa shape index (κ3) is 9.73. The number of para-hydroxylation sites is 1. The Balaban J connectivity index is 0.000000798. The van der Waals surface area contributed by atoms with Crippen molar-refractivity contribution in [3.8, 4) is 0 Å². The molecule has 0 aromatic heterocycles. The molecule has 0 radical (unpaired) electrons. The Bertz CT molecular complexity index is 1180. The molecule has 0 spiro atoms. The number of hydrogen-bond acceptors (Lipinski definition) is 4. The van der Waals surface area contributed by atoms with Gasteiger partial charge in [0.25, 0.3) is 5.91 Å². The van der Waals surface area contributed by atoms with Crippen molar-refractivity contribution >= 4 is 29.2 Å². The van der Waals surface area contributed by atoms with E-state index in [9.17, 15) is 40.7 Å². The molecule has 212 valence electrons. The molecule has 1 heterocycles. The van der Waals surface area contributed by atoms with Crippen LogP contribution in [0.25, 0.3) is 0 Å². The predicted molar refractivity (Wildman–Crippen MR) is 131 cm³/mol. The van der Waals surface area contributed by atoms with E-state index < -0.39 is 67.9 Å². The summed E-state index contributed by atoms with van der Waals surface area (Å²) in [6.07, 6.45) is -13.5. The van der Waals surface area contributed by atoms with Crippen molar-refractivity contribution in [2.75, 3.05) is 11.9 Å². The first-order valence-electron chi connectivity index (χ1n) is 11.8. The molecule has 0 aliphatic carbocycles. The van der Waals surface area contributed by atoms with E-state index in [0.29, 0.717) is 22.5 Å². The number of hydrogen-bond donors (Lipinski definition) is 2. The van der Waals surface area contributed by atoms with E-state index in [1.54, 1.807) is 54.6 Å². The minimum atomic E-state index is -4.55. The molecule has 2 amide bonds. The number of likely N-dealkylation sites (N-methyl/N-ethyl adjacent to an activating group) is 1. The number of nitrogens with zero attached hydrogens (tertiary/aromatic N) is 2. The number of halogens is 6. The first kappa shape index (κ1) is 31.3. The molecule has 2 aromatic carbocycles. The van der Waals surface area contributed by atoms with Gasteiger partial charge in [0, 0.05) is 36.9 Å². The largest absolute Gasteiger partial charge is 0.481 e. The number of fused-ring (bicyclic) bond motifs is 1. The number of aliphatic imine (C=N–C) groups is 1. The predicted octanol–water partition coefficient (Wildman–Crippen LogP) is 5.33. The highest BCUT2D eigenvalue weighted by atomic mass is 19.4. The number of benzodiazepines with no additional fused rings is 1. The molecule has 7 nitrogen and oxygen atoms in total. The average molecular weight is 560 g/mol. The molecule has 2 unspecified atom stereocenters. The summed E-state index contributed by atoms with van der Waals surface area (Å²) >= 11 is 0. The maximum atomic E-state index is 13.1. The van der Waals surface area contributed by atoms with Crippen molar-refractivity contribution in [3.05, 3.63) is 65.7 Å². The molecule has 0 saturated heterocycles. The summed E-state index contributed by atoms with van der Waals surface area (Å²) in [5.41, 5.74) is 2.27. The third-order valence-corrected chi connectivity index (χ3v) is 5.64. The van der Waals surface area contributed by atoms with Gasteiger partial charge in [0.2, 0.25) is 12.1 Å². The van der Waals surface area contributed by atoms with E-state index in [1.165, 1.54) is 11.9 Å². The summed E-state index contributed by atoms with van der Waals surface area (Å²) in [7, 11) is 1.50. The molecule has 13 heteroatoms. The number of amides is 2. The number of benzene rings is 2. The van der Waals surface area contributed by atoms with Gasteiger partial charge in [-0.25, -0.2) is 4.99 Å². The van der Waals surface area contributed by atoms with Crippen LogP contribution in [-0.4, -0.2) is 54.2 Å². The van der Waals surface area contributed by atoms with Crippen LogP contribution in [0.1, 0.15) is 43.7 Å². The Kier molecular flexibility index (Phi) is 10.6. The Morgan fingerprint density at radius 3 is 2.10 bits per heavy atom.